The number of rotatable bonds is 7. The van der Waals surface area contributed by atoms with Crippen LogP contribution in [0.5, 0.6) is 11.5 Å². The van der Waals surface area contributed by atoms with Gasteiger partial charge in [-0.05, 0) is 49.4 Å². The Labute approximate surface area is 180 Å². The molecule has 1 N–H and O–H groups in total. The Kier molecular flexibility index (Phi) is 5.75. The molecule has 0 saturated heterocycles. The van der Waals surface area contributed by atoms with Crippen LogP contribution in [0.15, 0.2) is 77.5 Å². The van der Waals surface area contributed by atoms with Crippen molar-refractivity contribution in [3.8, 4) is 28.4 Å². The lowest BCUT2D eigenvalue weighted by Gasteiger charge is -2.12. The van der Waals surface area contributed by atoms with Crippen LogP contribution in [0.25, 0.3) is 16.9 Å². The Balaban J connectivity index is 1.76. The van der Waals surface area contributed by atoms with Crippen LogP contribution in [0.4, 0.5) is 0 Å². The summed E-state index contributed by atoms with van der Waals surface area (Å²) in [5, 5.41) is 7.69. The molecule has 0 bridgehead atoms. The third kappa shape index (κ3) is 4.16. The van der Waals surface area contributed by atoms with E-state index in [1.807, 2.05) is 55.5 Å². The first-order chi connectivity index (χ1) is 15.1. The molecule has 2 aromatic heterocycles. The predicted octanol–water partition coefficient (Wildman–Crippen LogP) is 4.64. The summed E-state index contributed by atoms with van der Waals surface area (Å²) in [5.41, 5.74) is 2.56. The van der Waals surface area contributed by atoms with Crippen LogP contribution in [0.1, 0.15) is 29.1 Å². The SMILES string of the molecule is COc1ccc(-c2nn(-c3ccccc3)cc2C(=O)N[C@@H](C)c2ccco2)cc1OC. The van der Waals surface area contributed by atoms with E-state index in [2.05, 4.69) is 5.32 Å². The first-order valence-corrected chi connectivity index (χ1v) is 9.82. The summed E-state index contributed by atoms with van der Waals surface area (Å²) in [7, 11) is 3.15. The van der Waals surface area contributed by atoms with Gasteiger partial charge in [-0.15, -0.1) is 0 Å². The second kappa shape index (κ2) is 8.79. The van der Waals surface area contributed by atoms with E-state index in [9.17, 15) is 4.79 Å². The minimum absolute atomic E-state index is 0.254. The molecule has 1 atom stereocenters. The molecule has 4 aromatic rings. The van der Waals surface area contributed by atoms with Crippen molar-refractivity contribution in [1.29, 1.82) is 0 Å². The summed E-state index contributed by atoms with van der Waals surface area (Å²) in [6.45, 7) is 1.87. The number of nitrogens with zero attached hydrogens (tertiary/aromatic N) is 2. The maximum absolute atomic E-state index is 13.2. The number of benzene rings is 2. The lowest BCUT2D eigenvalue weighted by Crippen LogP contribution is -2.26. The van der Waals surface area contributed by atoms with Crippen molar-refractivity contribution < 1.29 is 18.7 Å². The Morgan fingerprint density at radius 2 is 1.81 bits per heavy atom. The van der Waals surface area contributed by atoms with Crippen LogP contribution in [0.2, 0.25) is 0 Å². The summed E-state index contributed by atoms with van der Waals surface area (Å²) >= 11 is 0. The average Bonchev–Trinajstić information content (AvgIpc) is 3.50. The number of aromatic nitrogens is 2. The Bertz CT molecular complexity index is 1170. The number of para-hydroxylation sites is 1. The van der Waals surface area contributed by atoms with E-state index in [-0.39, 0.29) is 11.9 Å². The highest BCUT2D eigenvalue weighted by Gasteiger charge is 2.22. The van der Waals surface area contributed by atoms with Crippen LogP contribution < -0.4 is 14.8 Å². The standard InChI is InChI=1S/C24H23N3O4/c1-16(20-10-7-13-31-20)25-24(28)19-15-27(18-8-5-4-6-9-18)26-23(19)17-11-12-21(29-2)22(14-17)30-3/h4-16H,1-3H3,(H,25,28)/t16-/m0/s1. The monoisotopic (exact) mass is 417 g/mol. The van der Waals surface area contributed by atoms with Gasteiger partial charge in [-0.25, -0.2) is 4.68 Å². The Morgan fingerprint density at radius 1 is 1.03 bits per heavy atom. The van der Waals surface area contributed by atoms with Crippen LogP contribution >= 0.6 is 0 Å². The summed E-state index contributed by atoms with van der Waals surface area (Å²) in [6, 6.07) is 18.4. The van der Waals surface area contributed by atoms with Gasteiger partial charge in [-0.2, -0.15) is 5.10 Å². The average molecular weight is 417 g/mol. The zero-order chi connectivity index (χ0) is 21.8. The quantitative estimate of drug-likeness (QED) is 0.474. The van der Waals surface area contributed by atoms with Crippen LogP contribution in [-0.2, 0) is 0 Å². The van der Waals surface area contributed by atoms with Crippen molar-refractivity contribution >= 4 is 5.91 Å². The number of ether oxygens (including phenoxy) is 2. The molecular formula is C24H23N3O4. The zero-order valence-corrected chi connectivity index (χ0v) is 17.5. The molecule has 0 aliphatic carbocycles. The largest absolute Gasteiger partial charge is 0.493 e. The number of carbonyl (C=O) groups excluding carboxylic acids is 1. The van der Waals surface area contributed by atoms with E-state index in [1.54, 1.807) is 43.5 Å². The molecule has 1 amide bonds. The molecule has 7 nitrogen and oxygen atoms in total. The fraction of sp³-hybridized carbons (Fsp3) is 0.167. The van der Waals surface area contributed by atoms with Gasteiger partial charge < -0.3 is 19.2 Å². The maximum atomic E-state index is 13.2. The number of nitrogens with one attached hydrogen (secondary N) is 1. The smallest absolute Gasteiger partial charge is 0.255 e. The van der Waals surface area contributed by atoms with E-state index in [4.69, 9.17) is 19.0 Å². The van der Waals surface area contributed by atoms with Crippen molar-refractivity contribution in [2.75, 3.05) is 14.2 Å². The van der Waals surface area contributed by atoms with Crippen molar-refractivity contribution in [2.45, 2.75) is 13.0 Å². The lowest BCUT2D eigenvalue weighted by molar-refractivity contribution is 0.0936. The third-order valence-electron chi connectivity index (χ3n) is 4.95. The number of amides is 1. The van der Waals surface area contributed by atoms with Gasteiger partial charge in [-0.3, -0.25) is 4.79 Å². The molecule has 31 heavy (non-hydrogen) atoms. The first-order valence-electron chi connectivity index (χ1n) is 9.82. The third-order valence-corrected chi connectivity index (χ3v) is 4.95. The van der Waals surface area contributed by atoms with E-state index < -0.39 is 0 Å². The van der Waals surface area contributed by atoms with Crippen LogP contribution in [0, 0.1) is 0 Å². The highest BCUT2D eigenvalue weighted by molar-refractivity contribution is 6.00. The second-order valence-electron chi connectivity index (χ2n) is 6.95. The van der Waals surface area contributed by atoms with E-state index in [0.717, 1.165) is 11.3 Å². The Morgan fingerprint density at radius 3 is 2.48 bits per heavy atom. The van der Waals surface area contributed by atoms with Gasteiger partial charge in [0.25, 0.3) is 5.91 Å². The van der Waals surface area contributed by atoms with Crippen LogP contribution in [-0.4, -0.2) is 29.9 Å². The fourth-order valence-corrected chi connectivity index (χ4v) is 3.33. The molecule has 4 rings (SSSR count). The Hall–Kier alpha value is -4.00. The second-order valence-corrected chi connectivity index (χ2v) is 6.95. The molecule has 0 radical (unpaired) electrons. The molecule has 2 aromatic carbocycles. The minimum atomic E-state index is -0.291. The van der Waals surface area contributed by atoms with Gasteiger partial charge >= 0.3 is 0 Å². The van der Waals surface area contributed by atoms with Gasteiger partial charge in [0.2, 0.25) is 0 Å². The van der Waals surface area contributed by atoms with E-state index >= 15 is 0 Å². The van der Waals surface area contributed by atoms with Gasteiger partial charge in [0, 0.05) is 11.8 Å². The highest BCUT2D eigenvalue weighted by Crippen LogP contribution is 2.33. The van der Waals surface area contributed by atoms with Crippen molar-refractivity contribution in [3.63, 3.8) is 0 Å². The minimum Gasteiger partial charge on any atom is -0.493 e. The fourth-order valence-electron chi connectivity index (χ4n) is 3.33. The topological polar surface area (TPSA) is 78.5 Å². The van der Waals surface area contributed by atoms with Gasteiger partial charge in [0.1, 0.15) is 11.5 Å². The molecule has 0 aliphatic rings. The lowest BCUT2D eigenvalue weighted by atomic mass is 10.1. The normalized spacial score (nSPS) is 11.7. The first kappa shape index (κ1) is 20.3. The van der Waals surface area contributed by atoms with Gasteiger partial charge in [0.15, 0.2) is 11.5 Å². The van der Waals surface area contributed by atoms with Crippen molar-refractivity contribution in [3.05, 3.63) is 84.4 Å². The summed E-state index contributed by atoms with van der Waals surface area (Å²) < 4.78 is 17.9. The number of carbonyl (C=O) groups is 1. The van der Waals surface area contributed by atoms with Gasteiger partial charge in [0.05, 0.1) is 37.8 Å². The number of methoxy groups -OCH3 is 2. The molecule has 0 unspecified atom stereocenters. The number of hydrogen-bond acceptors (Lipinski definition) is 5. The predicted molar refractivity (Wildman–Crippen MR) is 117 cm³/mol. The van der Waals surface area contributed by atoms with Crippen molar-refractivity contribution in [2.24, 2.45) is 0 Å². The van der Waals surface area contributed by atoms with E-state index in [0.29, 0.717) is 28.5 Å². The maximum Gasteiger partial charge on any atom is 0.255 e. The van der Waals surface area contributed by atoms with Crippen molar-refractivity contribution in [1.82, 2.24) is 15.1 Å². The summed E-state index contributed by atoms with van der Waals surface area (Å²) in [6.07, 6.45) is 3.31. The summed E-state index contributed by atoms with van der Waals surface area (Å²) in [5.74, 6) is 1.59. The molecule has 0 fully saturated rings. The molecule has 0 aliphatic heterocycles. The van der Waals surface area contributed by atoms with E-state index in [1.165, 1.54) is 0 Å². The number of furan rings is 1. The zero-order valence-electron chi connectivity index (χ0n) is 17.5. The molecule has 7 heteroatoms. The molecule has 0 saturated carbocycles. The van der Waals surface area contributed by atoms with Crippen LogP contribution in [0.3, 0.4) is 0 Å². The number of hydrogen-bond donors (Lipinski definition) is 1. The highest BCUT2D eigenvalue weighted by atomic mass is 16.5. The molecule has 0 spiro atoms. The summed E-state index contributed by atoms with van der Waals surface area (Å²) in [4.78, 5) is 13.2. The van der Waals surface area contributed by atoms with Gasteiger partial charge in [-0.1, -0.05) is 18.2 Å². The molecule has 158 valence electrons. The molecular weight excluding hydrogens is 394 g/mol. The molecule has 2 heterocycles.